The van der Waals surface area contributed by atoms with Crippen molar-refractivity contribution in [3.8, 4) is 0 Å². The van der Waals surface area contributed by atoms with Gasteiger partial charge in [-0.3, -0.25) is 4.79 Å². The lowest BCUT2D eigenvalue weighted by Gasteiger charge is -2.22. The van der Waals surface area contributed by atoms with E-state index in [9.17, 15) is 9.18 Å². The third-order valence-electron chi connectivity index (χ3n) is 3.19. The Kier molecular flexibility index (Phi) is 6.69. The Bertz CT molecular complexity index is 441. The second-order valence-corrected chi connectivity index (χ2v) is 5.37. The van der Waals surface area contributed by atoms with Gasteiger partial charge in [-0.05, 0) is 24.3 Å². The number of hydrogen-bond donors (Lipinski definition) is 0. The molecule has 1 atom stereocenters. The molecule has 0 saturated carbocycles. The van der Waals surface area contributed by atoms with Crippen molar-refractivity contribution in [2.75, 3.05) is 0 Å². The smallest absolute Gasteiger partial charge is 0.303 e. The lowest BCUT2D eigenvalue weighted by atomic mass is 9.95. The van der Waals surface area contributed by atoms with Crippen LogP contribution < -0.4 is 0 Å². The summed E-state index contributed by atoms with van der Waals surface area (Å²) >= 11 is 0. The summed E-state index contributed by atoms with van der Waals surface area (Å²) in [6.45, 7) is 7.29. The molecule has 3 heteroatoms. The average molecular weight is 279 g/mol. The molecule has 1 radical (unpaired) electrons. The summed E-state index contributed by atoms with van der Waals surface area (Å²) < 4.78 is 19.8. The minimum Gasteiger partial charge on any atom is -0.457 e. The maximum Gasteiger partial charge on any atom is 0.303 e. The molecule has 0 aliphatic rings. The number of benzene rings is 1. The van der Waals surface area contributed by atoms with E-state index in [1.165, 1.54) is 6.92 Å². The fraction of sp³-hybridized carbons (Fsp3) is 0.529. The molecule has 111 valence electrons. The van der Waals surface area contributed by atoms with Crippen molar-refractivity contribution in [1.29, 1.82) is 0 Å². The molecule has 0 amide bonds. The summed E-state index contributed by atoms with van der Waals surface area (Å²) in [6, 6.07) is 5.27. The van der Waals surface area contributed by atoms with Crippen LogP contribution >= 0.6 is 0 Å². The van der Waals surface area contributed by atoms with E-state index in [0.29, 0.717) is 11.1 Å². The highest BCUT2D eigenvalue weighted by molar-refractivity contribution is 5.66. The molecule has 1 unspecified atom stereocenters. The highest BCUT2D eigenvalue weighted by Gasteiger charge is 2.23. The van der Waals surface area contributed by atoms with Crippen molar-refractivity contribution in [3.05, 3.63) is 41.6 Å². The van der Waals surface area contributed by atoms with E-state index in [1.54, 1.807) is 12.1 Å². The van der Waals surface area contributed by atoms with Crippen molar-refractivity contribution >= 4 is 5.97 Å². The first-order valence-electron chi connectivity index (χ1n) is 7.26. The van der Waals surface area contributed by atoms with Crippen LogP contribution in [0.3, 0.4) is 0 Å². The Hall–Kier alpha value is -1.38. The number of halogens is 1. The van der Waals surface area contributed by atoms with Gasteiger partial charge in [-0.2, -0.15) is 0 Å². The summed E-state index contributed by atoms with van der Waals surface area (Å²) in [6.07, 6.45) is 4.36. The van der Waals surface area contributed by atoms with Crippen molar-refractivity contribution in [2.45, 2.75) is 53.1 Å². The van der Waals surface area contributed by atoms with Crippen LogP contribution in [0, 0.1) is 18.2 Å². The van der Waals surface area contributed by atoms with E-state index < -0.39 is 6.10 Å². The summed E-state index contributed by atoms with van der Waals surface area (Å²) in [5.41, 5.74) is 1.05. The summed E-state index contributed by atoms with van der Waals surface area (Å²) in [5.74, 6) is -0.633. The third-order valence-corrected chi connectivity index (χ3v) is 3.19. The van der Waals surface area contributed by atoms with Crippen molar-refractivity contribution < 1.29 is 13.9 Å². The molecule has 20 heavy (non-hydrogen) atoms. The third kappa shape index (κ3) is 4.62. The number of carbonyl (C=O) groups excluding carboxylic acids is 1. The van der Waals surface area contributed by atoms with Crippen LogP contribution in [-0.2, 0) is 9.53 Å². The molecule has 0 heterocycles. The van der Waals surface area contributed by atoms with Gasteiger partial charge in [0.2, 0.25) is 0 Å². The molecule has 0 aliphatic heterocycles. The lowest BCUT2D eigenvalue weighted by Crippen LogP contribution is -2.16. The molecule has 0 fully saturated rings. The molecule has 0 saturated heterocycles. The number of hydrogen-bond acceptors (Lipinski definition) is 2. The van der Waals surface area contributed by atoms with Crippen LogP contribution in [-0.4, -0.2) is 5.97 Å². The van der Waals surface area contributed by atoms with Crippen LogP contribution in [0.2, 0.25) is 0 Å². The topological polar surface area (TPSA) is 26.3 Å². The van der Waals surface area contributed by atoms with Gasteiger partial charge in [-0.25, -0.2) is 4.39 Å². The first kappa shape index (κ1) is 16.7. The Labute approximate surface area is 121 Å². The van der Waals surface area contributed by atoms with Crippen molar-refractivity contribution in [1.82, 2.24) is 0 Å². The minimum atomic E-state index is -0.535. The van der Waals surface area contributed by atoms with Gasteiger partial charge in [-0.15, -0.1) is 0 Å². The summed E-state index contributed by atoms with van der Waals surface area (Å²) in [7, 11) is 0. The predicted octanol–water partition coefficient (Wildman–Crippen LogP) is 4.83. The van der Waals surface area contributed by atoms with Gasteiger partial charge in [0.1, 0.15) is 11.9 Å². The molecular formula is C17H24FO2. The zero-order valence-corrected chi connectivity index (χ0v) is 12.8. The zero-order chi connectivity index (χ0) is 15.1. The van der Waals surface area contributed by atoms with Gasteiger partial charge in [-0.1, -0.05) is 51.8 Å². The van der Waals surface area contributed by atoms with Gasteiger partial charge < -0.3 is 4.74 Å². The van der Waals surface area contributed by atoms with E-state index in [1.807, 2.05) is 26.3 Å². The number of ether oxygens (including phenoxy) is 1. The van der Waals surface area contributed by atoms with Crippen LogP contribution in [0.5, 0.6) is 0 Å². The lowest BCUT2D eigenvalue weighted by molar-refractivity contribution is -0.149. The molecule has 0 aromatic heterocycles. The second-order valence-electron chi connectivity index (χ2n) is 5.37. The van der Waals surface area contributed by atoms with E-state index in [4.69, 9.17) is 4.74 Å². The number of rotatable bonds is 7. The molecule has 2 nitrogen and oxygen atoms in total. The molecule has 0 bridgehead atoms. The van der Waals surface area contributed by atoms with Gasteiger partial charge in [0.25, 0.3) is 0 Å². The zero-order valence-electron chi connectivity index (χ0n) is 12.8. The SMILES string of the molecule is CCCC[CH]c1cccc(C(OC(C)=O)C(C)C)c1F. The Balaban J connectivity index is 2.97. The van der Waals surface area contributed by atoms with Gasteiger partial charge in [0.15, 0.2) is 0 Å². The Morgan fingerprint density at radius 3 is 2.65 bits per heavy atom. The average Bonchev–Trinajstić information content (AvgIpc) is 2.38. The van der Waals surface area contributed by atoms with E-state index >= 15 is 0 Å². The normalized spacial score (nSPS) is 12.5. The molecule has 1 aromatic rings. The number of carbonyl (C=O) groups is 1. The molecule has 1 rings (SSSR count). The first-order chi connectivity index (χ1) is 9.47. The summed E-state index contributed by atoms with van der Waals surface area (Å²) in [4.78, 5) is 11.2. The van der Waals surface area contributed by atoms with Gasteiger partial charge in [0, 0.05) is 12.5 Å². The van der Waals surface area contributed by atoms with Crippen LogP contribution in [0.1, 0.15) is 64.2 Å². The van der Waals surface area contributed by atoms with E-state index in [-0.39, 0.29) is 17.7 Å². The maximum atomic E-state index is 14.5. The summed E-state index contributed by atoms with van der Waals surface area (Å²) in [5, 5.41) is 0. The van der Waals surface area contributed by atoms with Crippen molar-refractivity contribution in [2.24, 2.45) is 5.92 Å². The molecule has 1 aromatic carbocycles. The van der Waals surface area contributed by atoms with Crippen LogP contribution in [0.25, 0.3) is 0 Å². The first-order valence-corrected chi connectivity index (χ1v) is 7.26. The molecular weight excluding hydrogens is 255 g/mol. The fourth-order valence-corrected chi connectivity index (χ4v) is 2.15. The standard InChI is InChI=1S/C17H24FO2/c1-5-6-7-9-14-10-8-11-15(16(14)18)17(12(2)3)20-13(4)19/h8-12,17H,5-7H2,1-4H3. The minimum absolute atomic E-state index is 0.0271. The highest BCUT2D eigenvalue weighted by Crippen LogP contribution is 2.30. The van der Waals surface area contributed by atoms with Crippen LogP contribution in [0.4, 0.5) is 4.39 Å². The number of esters is 1. The second kappa shape index (κ2) is 8.03. The van der Waals surface area contributed by atoms with E-state index in [0.717, 1.165) is 19.3 Å². The molecule has 0 N–H and O–H groups in total. The van der Waals surface area contributed by atoms with Crippen molar-refractivity contribution in [3.63, 3.8) is 0 Å². The largest absolute Gasteiger partial charge is 0.457 e. The Morgan fingerprint density at radius 1 is 1.40 bits per heavy atom. The van der Waals surface area contributed by atoms with E-state index in [2.05, 4.69) is 6.92 Å². The quantitative estimate of drug-likeness (QED) is 0.528. The molecule has 0 spiro atoms. The van der Waals surface area contributed by atoms with Crippen LogP contribution in [0.15, 0.2) is 18.2 Å². The van der Waals surface area contributed by atoms with Gasteiger partial charge in [0.05, 0.1) is 0 Å². The number of unbranched alkanes of at least 4 members (excludes halogenated alkanes) is 2. The van der Waals surface area contributed by atoms with Gasteiger partial charge >= 0.3 is 5.97 Å². The molecule has 0 aliphatic carbocycles. The maximum absolute atomic E-state index is 14.5. The highest BCUT2D eigenvalue weighted by atomic mass is 19.1. The predicted molar refractivity (Wildman–Crippen MR) is 78.7 cm³/mol. The monoisotopic (exact) mass is 279 g/mol. The Morgan fingerprint density at radius 2 is 2.10 bits per heavy atom. The fourth-order valence-electron chi connectivity index (χ4n) is 2.15.